The highest BCUT2D eigenvalue weighted by Gasteiger charge is 2.46. The van der Waals surface area contributed by atoms with Crippen LogP contribution in [0.1, 0.15) is 30.1 Å². The highest BCUT2D eigenvalue weighted by Crippen LogP contribution is 2.46. The summed E-state index contributed by atoms with van der Waals surface area (Å²) in [5, 5.41) is 14.4. The molecule has 1 spiro atoms. The summed E-state index contributed by atoms with van der Waals surface area (Å²) in [6.07, 6.45) is 1.58. The summed E-state index contributed by atoms with van der Waals surface area (Å²) < 4.78 is 0. The molecule has 0 bridgehead atoms. The third kappa shape index (κ3) is 2.31. The zero-order chi connectivity index (χ0) is 15.0. The number of hydrogen-bond acceptors (Lipinski definition) is 3. The number of hydrogen-bond donors (Lipinski definition) is 2. The Morgan fingerprint density at radius 2 is 1.68 bits per heavy atom. The second-order valence-electron chi connectivity index (χ2n) is 6.53. The molecule has 2 heterocycles. The third-order valence-electron chi connectivity index (χ3n) is 5.16. The highest BCUT2D eigenvalue weighted by atomic mass is 16.3. The minimum atomic E-state index is -0.387. The average molecular weight is 294 g/mol. The number of para-hydroxylation sites is 1. The Balaban J connectivity index is 1.44. The van der Waals surface area contributed by atoms with Crippen molar-refractivity contribution in [3.05, 3.63) is 65.7 Å². The predicted octanol–water partition coefficient (Wildman–Crippen LogP) is 3.18. The van der Waals surface area contributed by atoms with Gasteiger partial charge in [-0.25, -0.2) is 0 Å². The van der Waals surface area contributed by atoms with Crippen molar-refractivity contribution in [3.63, 3.8) is 0 Å². The van der Waals surface area contributed by atoms with Gasteiger partial charge in [0.1, 0.15) is 6.10 Å². The number of benzene rings is 2. The van der Waals surface area contributed by atoms with Gasteiger partial charge in [0.05, 0.1) is 5.54 Å². The predicted molar refractivity (Wildman–Crippen MR) is 88.7 cm³/mol. The van der Waals surface area contributed by atoms with Crippen LogP contribution in [-0.4, -0.2) is 28.6 Å². The van der Waals surface area contributed by atoms with E-state index in [1.54, 1.807) is 0 Å². The van der Waals surface area contributed by atoms with E-state index in [4.69, 9.17) is 0 Å². The molecule has 0 aromatic heterocycles. The largest absolute Gasteiger partial charge is 0.386 e. The van der Waals surface area contributed by atoms with Crippen molar-refractivity contribution in [2.75, 3.05) is 18.4 Å². The lowest BCUT2D eigenvalue weighted by atomic mass is 9.82. The molecule has 2 N–H and O–H groups in total. The standard InChI is InChI=1S/C19H22N2O/c22-18-16-8-4-5-9-17(16)20-19(18)10-12-21(13-11-19)14-15-6-2-1-3-7-15/h1-9,18,20,22H,10-14H2. The van der Waals surface area contributed by atoms with Gasteiger partial charge in [0, 0.05) is 30.9 Å². The Kier molecular flexibility index (Phi) is 3.40. The number of aliphatic hydroxyl groups excluding tert-OH is 1. The fourth-order valence-corrected chi connectivity index (χ4v) is 3.83. The minimum Gasteiger partial charge on any atom is -0.386 e. The molecule has 3 nitrogen and oxygen atoms in total. The Hall–Kier alpha value is -1.84. The molecule has 0 amide bonds. The van der Waals surface area contributed by atoms with Crippen LogP contribution in [0.15, 0.2) is 54.6 Å². The average Bonchev–Trinajstić information content (AvgIpc) is 2.84. The van der Waals surface area contributed by atoms with E-state index in [1.807, 2.05) is 18.2 Å². The van der Waals surface area contributed by atoms with E-state index >= 15 is 0 Å². The molecule has 0 radical (unpaired) electrons. The first-order chi connectivity index (χ1) is 10.8. The van der Waals surface area contributed by atoms with Gasteiger partial charge in [-0.3, -0.25) is 4.90 Å². The van der Waals surface area contributed by atoms with E-state index in [-0.39, 0.29) is 11.6 Å². The van der Waals surface area contributed by atoms with E-state index < -0.39 is 0 Å². The number of aliphatic hydroxyl groups is 1. The van der Waals surface area contributed by atoms with Crippen LogP contribution in [0.3, 0.4) is 0 Å². The molecule has 1 atom stereocenters. The summed E-state index contributed by atoms with van der Waals surface area (Å²) in [5.41, 5.74) is 3.35. The second-order valence-corrected chi connectivity index (χ2v) is 6.53. The molecule has 2 aromatic carbocycles. The molecule has 0 saturated carbocycles. The maximum Gasteiger partial charge on any atom is 0.104 e. The monoisotopic (exact) mass is 294 g/mol. The van der Waals surface area contributed by atoms with Gasteiger partial charge in [-0.1, -0.05) is 48.5 Å². The van der Waals surface area contributed by atoms with E-state index in [9.17, 15) is 5.11 Å². The number of fused-ring (bicyclic) bond motifs is 1. The number of nitrogens with zero attached hydrogens (tertiary/aromatic N) is 1. The maximum atomic E-state index is 10.8. The third-order valence-corrected chi connectivity index (χ3v) is 5.16. The van der Waals surface area contributed by atoms with Gasteiger partial charge in [0.25, 0.3) is 0 Å². The molecule has 3 heteroatoms. The number of anilines is 1. The first kappa shape index (κ1) is 13.8. The van der Waals surface area contributed by atoms with E-state index in [0.29, 0.717) is 0 Å². The zero-order valence-corrected chi connectivity index (χ0v) is 12.7. The molecule has 22 heavy (non-hydrogen) atoms. The maximum absolute atomic E-state index is 10.8. The summed E-state index contributed by atoms with van der Waals surface area (Å²) in [7, 11) is 0. The molecule has 1 saturated heterocycles. The normalized spacial score (nSPS) is 23.2. The van der Waals surface area contributed by atoms with Crippen LogP contribution in [0.25, 0.3) is 0 Å². The molecule has 0 aliphatic carbocycles. The lowest BCUT2D eigenvalue weighted by molar-refractivity contribution is 0.0544. The van der Waals surface area contributed by atoms with Gasteiger partial charge in [0.2, 0.25) is 0 Å². The fraction of sp³-hybridized carbons (Fsp3) is 0.368. The van der Waals surface area contributed by atoms with Crippen LogP contribution in [0, 0.1) is 0 Å². The summed E-state index contributed by atoms with van der Waals surface area (Å²) >= 11 is 0. The van der Waals surface area contributed by atoms with Crippen molar-refractivity contribution in [1.82, 2.24) is 4.90 Å². The van der Waals surface area contributed by atoms with E-state index in [2.05, 4.69) is 46.6 Å². The highest BCUT2D eigenvalue weighted by molar-refractivity contribution is 5.60. The summed E-state index contributed by atoms with van der Waals surface area (Å²) in [6.45, 7) is 3.04. The fourth-order valence-electron chi connectivity index (χ4n) is 3.83. The molecule has 2 aliphatic heterocycles. The van der Waals surface area contributed by atoms with Crippen molar-refractivity contribution >= 4 is 5.69 Å². The smallest absolute Gasteiger partial charge is 0.104 e. The SMILES string of the molecule is OC1c2ccccc2NC12CCN(Cc1ccccc1)CC2. The number of likely N-dealkylation sites (tertiary alicyclic amines) is 1. The lowest BCUT2D eigenvalue weighted by Gasteiger charge is -2.41. The Labute approximate surface area is 131 Å². The van der Waals surface area contributed by atoms with Crippen molar-refractivity contribution in [2.24, 2.45) is 0 Å². The zero-order valence-electron chi connectivity index (χ0n) is 12.7. The van der Waals surface area contributed by atoms with Crippen LogP contribution in [0.4, 0.5) is 5.69 Å². The first-order valence-electron chi connectivity index (χ1n) is 8.08. The van der Waals surface area contributed by atoms with Crippen LogP contribution < -0.4 is 5.32 Å². The van der Waals surface area contributed by atoms with E-state index in [1.165, 1.54) is 5.56 Å². The molecule has 2 aromatic rings. The summed E-state index contributed by atoms with van der Waals surface area (Å²) in [4.78, 5) is 2.48. The summed E-state index contributed by atoms with van der Waals surface area (Å²) in [5.74, 6) is 0. The van der Waals surface area contributed by atoms with Crippen LogP contribution >= 0.6 is 0 Å². The van der Waals surface area contributed by atoms with Crippen molar-refractivity contribution in [2.45, 2.75) is 31.0 Å². The van der Waals surface area contributed by atoms with Crippen molar-refractivity contribution in [3.8, 4) is 0 Å². The quantitative estimate of drug-likeness (QED) is 0.893. The molecular weight excluding hydrogens is 272 g/mol. The van der Waals surface area contributed by atoms with Gasteiger partial charge >= 0.3 is 0 Å². The molecule has 1 fully saturated rings. The van der Waals surface area contributed by atoms with Crippen LogP contribution in [-0.2, 0) is 6.54 Å². The van der Waals surface area contributed by atoms with Gasteiger partial charge in [0.15, 0.2) is 0 Å². The van der Waals surface area contributed by atoms with Gasteiger partial charge in [-0.2, -0.15) is 0 Å². The Morgan fingerprint density at radius 1 is 1.00 bits per heavy atom. The Morgan fingerprint density at radius 3 is 2.41 bits per heavy atom. The Bertz CT molecular complexity index is 647. The number of nitrogens with one attached hydrogen (secondary N) is 1. The number of rotatable bonds is 2. The molecule has 1 unspecified atom stereocenters. The topological polar surface area (TPSA) is 35.5 Å². The molecular formula is C19H22N2O. The lowest BCUT2D eigenvalue weighted by Crippen LogP contribution is -2.49. The first-order valence-corrected chi connectivity index (χ1v) is 8.08. The van der Waals surface area contributed by atoms with Crippen molar-refractivity contribution in [1.29, 1.82) is 0 Å². The van der Waals surface area contributed by atoms with E-state index in [0.717, 1.165) is 43.7 Å². The molecule has 114 valence electrons. The second kappa shape index (κ2) is 5.41. The van der Waals surface area contributed by atoms with Crippen molar-refractivity contribution < 1.29 is 5.11 Å². The minimum absolute atomic E-state index is 0.170. The van der Waals surface area contributed by atoms with Gasteiger partial charge in [-0.15, -0.1) is 0 Å². The number of piperidine rings is 1. The molecule has 2 aliphatic rings. The molecule has 4 rings (SSSR count). The van der Waals surface area contributed by atoms with Gasteiger partial charge < -0.3 is 10.4 Å². The van der Waals surface area contributed by atoms with Crippen LogP contribution in [0.2, 0.25) is 0 Å². The van der Waals surface area contributed by atoms with Crippen LogP contribution in [0.5, 0.6) is 0 Å². The van der Waals surface area contributed by atoms with Gasteiger partial charge in [-0.05, 0) is 24.5 Å². The summed E-state index contributed by atoms with van der Waals surface area (Å²) in [6, 6.07) is 18.8.